The van der Waals surface area contributed by atoms with Gasteiger partial charge >= 0.3 is 5.84 Å². The molecule has 0 amide bonds. The van der Waals surface area contributed by atoms with Crippen molar-refractivity contribution in [3.05, 3.63) is 71.0 Å². The Hall–Kier alpha value is -3.18. The molecule has 0 N–H and O–H groups in total. The lowest BCUT2D eigenvalue weighted by Gasteiger charge is -2.00. The summed E-state index contributed by atoms with van der Waals surface area (Å²) in [4.78, 5) is 17.8. The molecule has 0 saturated heterocycles. The normalized spacial score (nSPS) is 12.2. The Balaban J connectivity index is 1.94. The fraction of sp³-hybridized carbons (Fsp3) is 0. The zero-order chi connectivity index (χ0) is 16.5. The zero-order valence-electron chi connectivity index (χ0n) is 12.9. The van der Waals surface area contributed by atoms with Crippen molar-refractivity contribution < 1.29 is 4.42 Å². The van der Waals surface area contributed by atoms with Crippen molar-refractivity contribution in [2.45, 2.75) is 0 Å². The minimum atomic E-state index is -0.0814. The maximum Gasteiger partial charge on any atom is 0.310 e. The summed E-state index contributed by atoms with van der Waals surface area (Å²) in [5.41, 5.74) is 2.02. The topological polar surface area (TPSA) is 47.5 Å². The van der Waals surface area contributed by atoms with Gasteiger partial charge in [-0.3, -0.25) is 4.79 Å². The zero-order valence-corrected chi connectivity index (χ0v) is 13.7. The van der Waals surface area contributed by atoms with Crippen LogP contribution in [-0.4, -0.2) is 9.38 Å². The van der Waals surface area contributed by atoms with Gasteiger partial charge in [0.25, 0.3) is 5.56 Å². The Morgan fingerprint density at radius 3 is 2.72 bits per heavy atom. The summed E-state index contributed by atoms with van der Waals surface area (Å²) < 4.78 is 9.68. The van der Waals surface area contributed by atoms with Crippen LogP contribution in [0.15, 0.2) is 69.9 Å². The molecule has 0 fully saturated rings. The third-order valence-electron chi connectivity index (χ3n) is 4.66. The van der Waals surface area contributed by atoms with E-state index < -0.39 is 0 Å². The van der Waals surface area contributed by atoms with Crippen molar-refractivity contribution in [1.82, 2.24) is 9.38 Å². The van der Waals surface area contributed by atoms with Crippen molar-refractivity contribution in [2.24, 2.45) is 0 Å². The van der Waals surface area contributed by atoms with Crippen molar-refractivity contribution >= 4 is 59.4 Å². The van der Waals surface area contributed by atoms with Gasteiger partial charge in [0.1, 0.15) is 11.0 Å². The lowest BCUT2D eigenvalue weighted by Crippen LogP contribution is -2.12. The summed E-state index contributed by atoms with van der Waals surface area (Å²) in [6.45, 7) is 0. The molecule has 4 nitrogen and oxygen atoms in total. The van der Waals surface area contributed by atoms with Crippen LogP contribution in [0.4, 0.5) is 0 Å². The summed E-state index contributed by atoms with van der Waals surface area (Å²) >= 11 is 1.63. The second-order valence-electron chi connectivity index (χ2n) is 6.04. The van der Waals surface area contributed by atoms with Gasteiger partial charge < -0.3 is 4.42 Å². The number of nitrogens with zero attached hydrogens (tertiary/aromatic N) is 2. The smallest absolute Gasteiger partial charge is 0.310 e. The van der Waals surface area contributed by atoms with Crippen molar-refractivity contribution in [3.8, 4) is 0 Å². The molecule has 3 aromatic carbocycles. The molecule has 3 aromatic heterocycles. The molecule has 118 valence electrons. The second-order valence-corrected chi connectivity index (χ2v) is 7.09. The van der Waals surface area contributed by atoms with E-state index in [1.165, 1.54) is 10.1 Å². The third-order valence-corrected chi connectivity index (χ3v) is 5.86. The Morgan fingerprint density at radius 1 is 0.920 bits per heavy atom. The van der Waals surface area contributed by atoms with Gasteiger partial charge in [-0.2, -0.15) is 4.98 Å². The number of imidazole rings is 1. The molecule has 6 aromatic rings. The fourth-order valence-electron chi connectivity index (χ4n) is 3.54. The lowest BCUT2D eigenvalue weighted by molar-refractivity contribution is 0.617. The van der Waals surface area contributed by atoms with Gasteiger partial charge in [0.2, 0.25) is 0 Å². The van der Waals surface area contributed by atoms with E-state index in [-0.39, 0.29) is 5.56 Å². The van der Waals surface area contributed by atoms with Crippen LogP contribution in [0.2, 0.25) is 0 Å². The van der Waals surface area contributed by atoms with Crippen LogP contribution in [0.25, 0.3) is 48.0 Å². The molecule has 3 heterocycles. The molecule has 0 saturated carbocycles. The van der Waals surface area contributed by atoms with Crippen LogP contribution in [0, 0.1) is 0 Å². The molecule has 0 bridgehead atoms. The first kappa shape index (κ1) is 13.1. The lowest BCUT2D eigenvalue weighted by atomic mass is 10.1. The minimum absolute atomic E-state index is 0.0814. The number of benzene rings is 3. The number of thiophene rings is 1. The molecular formula is C20H10N2O2S. The second kappa shape index (κ2) is 4.46. The first-order valence-electron chi connectivity index (χ1n) is 7.95. The predicted octanol–water partition coefficient (Wildman–Crippen LogP) is 4.96. The van der Waals surface area contributed by atoms with Gasteiger partial charge in [0.15, 0.2) is 0 Å². The number of rotatable bonds is 0. The summed E-state index contributed by atoms with van der Waals surface area (Å²) in [5.74, 6) is 0.333. The highest BCUT2D eigenvalue weighted by molar-refractivity contribution is 7.26. The molecule has 0 aliphatic carbocycles. The summed E-state index contributed by atoms with van der Waals surface area (Å²) in [5, 5.41) is 2.87. The van der Waals surface area contributed by atoms with E-state index in [1.807, 2.05) is 48.5 Å². The average Bonchev–Trinajstić information content (AvgIpc) is 3.19. The average molecular weight is 342 g/mol. The van der Waals surface area contributed by atoms with E-state index in [0.717, 1.165) is 21.1 Å². The van der Waals surface area contributed by atoms with E-state index in [9.17, 15) is 4.79 Å². The molecular weight excluding hydrogens is 332 g/mol. The van der Waals surface area contributed by atoms with Crippen LogP contribution in [0.1, 0.15) is 0 Å². The maximum absolute atomic E-state index is 13.3. The number of para-hydroxylation sites is 2. The molecule has 6 rings (SSSR count). The fourth-order valence-corrected chi connectivity index (χ4v) is 4.77. The highest BCUT2D eigenvalue weighted by atomic mass is 32.1. The molecule has 25 heavy (non-hydrogen) atoms. The van der Waals surface area contributed by atoms with Crippen molar-refractivity contribution in [1.29, 1.82) is 0 Å². The molecule has 0 aliphatic rings. The van der Waals surface area contributed by atoms with E-state index in [2.05, 4.69) is 17.1 Å². The van der Waals surface area contributed by atoms with Gasteiger partial charge in [-0.25, -0.2) is 4.40 Å². The summed E-state index contributed by atoms with van der Waals surface area (Å²) in [6.07, 6.45) is 0. The summed E-state index contributed by atoms with van der Waals surface area (Å²) in [6, 6.07) is 19.7. The van der Waals surface area contributed by atoms with E-state index in [1.54, 1.807) is 15.7 Å². The monoisotopic (exact) mass is 342 g/mol. The Morgan fingerprint density at radius 2 is 1.76 bits per heavy atom. The van der Waals surface area contributed by atoms with Crippen LogP contribution in [0.3, 0.4) is 0 Å². The molecule has 0 spiro atoms. The maximum atomic E-state index is 13.3. The summed E-state index contributed by atoms with van der Waals surface area (Å²) in [7, 11) is 0. The molecule has 0 aliphatic heterocycles. The highest BCUT2D eigenvalue weighted by Gasteiger charge is 2.17. The van der Waals surface area contributed by atoms with Crippen molar-refractivity contribution in [3.63, 3.8) is 0 Å². The van der Waals surface area contributed by atoms with Crippen LogP contribution < -0.4 is 5.56 Å². The molecule has 5 heteroatoms. The molecule has 0 atom stereocenters. The Labute approximate surface area is 144 Å². The quantitative estimate of drug-likeness (QED) is 0.392. The van der Waals surface area contributed by atoms with Gasteiger partial charge in [-0.1, -0.05) is 30.3 Å². The first-order valence-corrected chi connectivity index (χ1v) is 8.77. The number of hydrogen-bond acceptors (Lipinski definition) is 4. The number of fused-ring (bicyclic) bond motifs is 8. The molecule has 0 radical (unpaired) electrons. The standard InChI is InChI=1S/C20H10N2O2S/c23-19-17-15(24-20-21-13-6-2-3-7-14(13)22(19)20)10-9-12-11-5-1-4-8-16(11)25-18(12)17/h1-10H. The Bertz CT molecular complexity index is 1520. The minimum Gasteiger partial charge on any atom is -0.424 e. The van der Waals surface area contributed by atoms with Gasteiger partial charge in [-0.15, -0.1) is 11.3 Å². The van der Waals surface area contributed by atoms with Crippen molar-refractivity contribution in [2.75, 3.05) is 0 Å². The van der Waals surface area contributed by atoms with E-state index in [4.69, 9.17) is 4.42 Å². The Kier molecular flexibility index (Phi) is 2.35. The number of aromatic nitrogens is 2. The van der Waals surface area contributed by atoms with Gasteiger partial charge in [-0.05, 0) is 30.3 Å². The van der Waals surface area contributed by atoms with Gasteiger partial charge in [0.05, 0.1) is 15.7 Å². The van der Waals surface area contributed by atoms with Crippen LogP contribution >= 0.6 is 11.3 Å². The van der Waals surface area contributed by atoms with E-state index in [0.29, 0.717) is 16.8 Å². The van der Waals surface area contributed by atoms with Crippen LogP contribution in [-0.2, 0) is 0 Å². The first-order chi connectivity index (χ1) is 12.3. The van der Waals surface area contributed by atoms with Gasteiger partial charge in [0, 0.05) is 15.5 Å². The third kappa shape index (κ3) is 1.60. The number of hydrogen-bond donors (Lipinski definition) is 0. The highest BCUT2D eigenvalue weighted by Crippen LogP contribution is 2.37. The SMILES string of the molecule is O=c1c2c(ccc3c4ccccc4sc32)oc2nc3ccccc3n12. The van der Waals surface area contributed by atoms with Crippen LogP contribution in [0.5, 0.6) is 0 Å². The predicted molar refractivity (Wildman–Crippen MR) is 102 cm³/mol. The largest absolute Gasteiger partial charge is 0.424 e. The van der Waals surface area contributed by atoms with E-state index >= 15 is 0 Å². The molecule has 0 unspecified atom stereocenters.